The van der Waals surface area contributed by atoms with Crippen LogP contribution in [0.2, 0.25) is 0 Å². The Kier molecular flexibility index (Phi) is 15.9. The number of benzene rings is 4. The lowest BCUT2D eigenvalue weighted by Crippen LogP contribution is -2.11. The van der Waals surface area contributed by atoms with Gasteiger partial charge in [0.15, 0.2) is 0 Å². The largest absolute Gasteiger partial charge is 0.492 e. The molecule has 0 radical (unpaired) electrons. The van der Waals surface area contributed by atoms with Crippen molar-refractivity contribution in [2.45, 2.75) is 12.8 Å². The molecule has 8 nitrogen and oxygen atoms in total. The van der Waals surface area contributed by atoms with E-state index in [1.807, 2.05) is 48.5 Å². The molecular formula is C34H38N2O6. The second-order valence-electron chi connectivity index (χ2n) is 8.82. The van der Waals surface area contributed by atoms with Crippen LogP contribution in [-0.2, 0) is 22.4 Å². The van der Waals surface area contributed by atoms with E-state index in [0.29, 0.717) is 38.5 Å². The summed E-state index contributed by atoms with van der Waals surface area (Å²) < 4.78 is 11.3. The van der Waals surface area contributed by atoms with E-state index in [9.17, 15) is 9.59 Å². The number of hydrogen-bond acceptors (Lipinski definition) is 6. The van der Waals surface area contributed by atoms with Crippen molar-refractivity contribution >= 4 is 11.9 Å². The fraction of sp³-hybridized carbons (Fsp3) is 0.176. The smallest absolute Gasteiger partial charge is 0.328 e. The first-order chi connectivity index (χ1) is 20.4. The predicted octanol–water partition coefficient (Wildman–Crippen LogP) is 4.94. The van der Waals surface area contributed by atoms with Crippen LogP contribution in [0.25, 0.3) is 0 Å². The van der Waals surface area contributed by atoms with Gasteiger partial charge in [0, 0.05) is 38.1 Å². The van der Waals surface area contributed by atoms with Crippen LogP contribution in [0.3, 0.4) is 0 Å². The summed E-state index contributed by atoms with van der Waals surface area (Å²) in [6.07, 6.45) is 2.90. The second-order valence-corrected chi connectivity index (χ2v) is 8.82. The van der Waals surface area contributed by atoms with E-state index in [0.717, 1.165) is 24.3 Å². The first kappa shape index (κ1) is 33.3. The maximum atomic E-state index is 9.55. The lowest BCUT2D eigenvalue weighted by atomic mass is 10.0. The zero-order valence-electron chi connectivity index (χ0n) is 23.5. The van der Waals surface area contributed by atoms with Gasteiger partial charge in [0.25, 0.3) is 0 Å². The minimum Gasteiger partial charge on any atom is -0.492 e. The summed E-state index contributed by atoms with van der Waals surface area (Å²) in [5.41, 5.74) is 15.9. The first-order valence-electron chi connectivity index (χ1n) is 13.5. The Balaban J connectivity index is 0.000000236. The number of nitrogens with two attached hydrogens (primary N) is 2. The van der Waals surface area contributed by atoms with Crippen molar-refractivity contribution in [2.75, 3.05) is 26.3 Å². The topological polar surface area (TPSA) is 145 Å². The number of aliphatic carboxylic acids is 2. The van der Waals surface area contributed by atoms with Crippen molar-refractivity contribution < 1.29 is 29.3 Å². The van der Waals surface area contributed by atoms with E-state index in [-0.39, 0.29) is 0 Å². The van der Waals surface area contributed by atoms with Crippen LogP contribution in [0.1, 0.15) is 22.3 Å². The van der Waals surface area contributed by atoms with Crippen LogP contribution >= 0.6 is 0 Å². The molecule has 4 aromatic rings. The summed E-state index contributed by atoms with van der Waals surface area (Å²) in [4.78, 5) is 19.1. The van der Waals surface area contributed by atoms with Gasteiger partial charge >= 0.3 is 11.9 Å². The molecule has 6 N–H and O–H groups in total. The monoisotopic (exact) mass is 570 g/mol. The number of carbonyl (C=O) groups is 2. The molecule has 0 spiro atoms. The average Bonchev–Trinajstić information content (AvgIpc) is 3.01. The van der Waals surface area contributed by atoms with Crippen molar-refractivity contribution in [1.82, 2.24) is 0 Å². The fourth-order valence-electron chi connectivity index (χ4n) is 3.69. The van der Waals surface area contributed by atoms with Crippen LogP contribution in [0.5, 0.6) is 11.5 Å². The summed E-state index contributed by atoms with van der Waals surface area (Å²) in [5, 5.41) is 15.6. The molecule has 0 aliphatic rings. The average molecular weight is 571 g/mol. The molecule has 0 saturated carbocycles. The van der Waals surface area contributed by atoms with Gasteiger partial charge in [-0.05, 0) is 34.4 Å². The molecule has 0 unspecified atom stereocenters. The Morgan fingerprint density at radius 1 is 0.548 bits per heavy atom. The third-order valence-electron chi connectivity index (χ3n) is 5.54. The molecule has 0 heterocycles. The molecule has 0 saturated heterocycles. The van der Waals surface area contributed by atoms with E-state index in [2.05, 4.69) is 60.7 Å². The lowest BCUT2D eigenvalue weighted by Gasteiger charge is -2.10. The number of carboxylic acids is 2. The third-order valence-corrected chi connectivity index (χ3v) is 5.54. The predicted molar refractivity (Wildman–Crippen MR) is 165 cm³/mol. The lowest BCUT2D eigenvalue weighted by molar-refractivity contribution is -0.134. The van der Waals surface area contributed by atoms with Crippen LogP contribution < -0.4 is 20.9 Å². The molecule has 0 aliphatic heterocycles. The summed E-state index contributed by atoms with van der Waals surface area (Å²) >= 11 is 0. The highest BCUT2D eigenvalue weighted by Gasteiger charge is 2.04. The maximum absolute atomic E-state index is 9.55. The van der Waals surface area contributed by atoms with Crippen LogP contribution in [-0.4, -0.2) is 48.5 Å². The summed E-state index contributed by atoms with van der Waals surface area (Å²) in [6, 6.07) is 37.0. The Bertz CT molecular complexity index is 1260. The zero-order valence-corrected chi connectivity index (χ0v) is 23.5. The van der Waals surface area contributed by atoms with E-state index in [1.165, 1.54) is 22.3 Å². The molecule has 4 rings (SSSR count). The summed E-state index contributed by atoms with van der Waals surface area (Å²) in [5.74, 6) is -0.650. The third kappa shape index (κ3) is 13.9. The van der Waals surface area contributed by atoms with Gasteiger partial charge in [0.2, 0.25) is 0 Å². The van der Waals surface area contributed by atoms with E-state index in [4.69, 9.17) is 31.2 Å². The molecule has 0 aromatic heterocycles. The summed E-state index contributed by atoms with van der Waals surface area (Å²) in [7, 11) is 0. The molecule has 0 bridgehead atoms. The normalized spacial score (nSPS) is 10.0. The number of para-hydroxylation sites is 2. The van der Waals surface area contributed by atoms with Gasteiger partial charge < -0.3 is 31.2 Å². The highest BCUT2D eigenvalue weighted by atomic mass is 16.5. The van der Waals surface area contributed by atoms with Crippen LogP contribution in [0.15, 0.2) is 121 Å². The minimum atomic E-state index is -1.26. The highest BCUT2D eigenvalue weighted by molar-refractivity contribution is 5.89. The molecule has 4 aromatic carbocycles. The quantitative estimate of drug-likeness (QED) is 0.175. The molecule has 0 atom stereocenters. The van der Waals surface area contributed by atoms with Crippen molar-refractivity contribution in [3.63, 3.8) is 0 Å². The zero-order chi connectivity index (χ0) is 30.4. The van der Waals surface area contributed by atoms with Gasteiger partial charge in [-0.3, -0.25) is 0 Å². The molecule has 0 amide bonds. The Labute approximate surface area is 246 Å². The maximum Gasteiger partial charge on any atom is 0.328 e. The van der Waals surface area contributed by atoms with E-state index in [1.54, 1.807) is 0 Å². The number of hydrogen-bond donors (Lipinski definition) is 4. The van der Waals surface area contributed by atoms with E-state index < -0.39 is 11.9 Å². The Morgan fingerprint density at radius 3 is 1.21 bits per heavy atom. The van der Waals surface area contributed by atoms with Crippen molar-refractivity contribution in [2.24, 2.45) is 11.5 Å². The molecule has 0 fully saturated rings. The first-order valence-corrected chi connectivity index (χ1v) is 13.5. The van der Waals surface area contributed by atoms with Gasteiger partial charge in [-0.25, -0.2) is 9.59 Å². The number of ether oxygens (including phenoxy) is 2. The number of rotatable bonds is 12. The van der Waals surface area contributed by atoms with E-state index >= 15 is 0 Å². The van der Waals surface area contributed by atoms with Crippen molar-refractivity contribution in [1.29, 1.82) is 0 Å². The molecule has 0 aliphatic carbocycles. The number of carboxylic acid groups (broad SMARTS) is 2. The van der Waals surface area contributed by atoms with Crippen LogP contribution in [0, 0.1) is 0 Å². The molecule has 42 heavy (non-hydrogen) atoms. The highest BCUT2D eigenvalue weighted by Crippen LogP contribution is 2.22. The second kappa shape index (κ2) is 20.0. The standard InChI is InChI=1S/2C15H17NO.C4H4O4/c2*16-10-11-17-15-9-5-4-8-14(15)12-13-6-2-1-3-7-13;5-3(6)1-2-4(7)8/h2*1-9H,10-12,16H2;1-2H,(H,5,6)(H,7,8)/b;;2-1+. The van der Waals surface area contributed by atoms with Crippen LogP contribution in [0.4, 0.5) is 0 Å². The Hall–Kier alpha value is -4.92. The SMILES string of the molecule is NCCOc1ccccc1Cc1ccccc1.NCCOc1ccccc1Cc1ccccc1.O=C(O)/C=C/C(=O)O. The molecular weight excluding hydrogens is 532 g/mol. The van der Waals surface area contributed by atoms with Gasteiger partial charge in [-0.1, -0.05) is 97.1 Å². The van der Waals surface area contributed by atoms with Crippen molar-refractivity contribution in [3.8, 4) is 11.5 Å². The van der Waals surface area contributed by atoms with Crippen molar-refractivity contribution in [3.05, 3.63) is 144 Å². The molecule has 8 heteroatoms. The fourth-order valence-corrected chi connectivity index (χ4v) is 3.69. The van der Waals surface area contributed by atoms with Gasteiger partial charge in [0.05, 0.1) is 0 Å². The van der Waals surface area contributed by atoms with Gasteiger partial charge in [-0.2, -0.15) is 0 Å². The summed E-state index contributed by atoms with van der Waals surface area (Å²) in [6.45, 7) is 2.21. The molecule has 220 valence electrons. The van der Waals surface area contributed by atoms with Gasteiger partial charge in [0.1, 0.15) is 24.7 Å². The minimum absolute atomic E-state index is 0.541. The Morgan fingerprint density at radius 2 is 0.881 bits per heavy atom. The van der Waals surface area contributed by atoms with Gasteiger partial charge in [-0.15, -0.1) is 0 Å².